The Morgan fingerprint density at radius 3 is 2.64 bits per heavy atom. The predicted octanol–water partition coefficient (Wildman–Crippen LogP) is 4.63. The van der Waals surface area contributed by atoms with Crippen molar-refractivity contribution in [3.8, 4) is 0 Å². The van der Waals surface area contributed by atoms with E-state index in [0.29, 0.717) is 12.1 Å². The number of nitrogens with one attached hydrogen (secondary N) is 1. The largest absolute Gasteiger partial charge is 0.392 e. The Balaban J connectivity index is 1.75. The Morgan fingerprint density at radius 2 is 1.76 bits per heavy atom. The van der Waals surface area contributed by atoms with Crippen LogP contribution in [-0.4, -0.2) is 10.1 Å². The second-order valence-electron chi connectivity index (χ2n) is 5.93. The fraction of sp³-hybridized carbons (Fsp3) is 0.0952. The molecule has 0 aliphatic carbocycles. The van der Waals surface area contributed by atoms with Crippen LogP contribution in [0.3, 0.4) is 0 Å². The monoisotopic (exact) mass is 332 g/mol. The molecular formula is C21H17FN2O. The van der Waals surface area contributed by atoms with Crippen LogP contribution in [-0.2, 0) is 13.2 Å². The molecule has 124 valence electrons. The van der Waals surface area contributed by atoms with Crippen molar-refractivity contribution < 1.29 is 9.50 Å². The number of para-hydroxylation sites is 1. The molecule has 0 atom stereocenters. The zero-order valence-electron chi connectivity index (χ0n) is 13.5. The highest BCUT2D eigenvalue weighted by Gasteiger charge is 2.09. The van der Waals surface area contributed by atoms with Crippen molar-refractivity contribution in [1.29, 1.82) is 0 Å². The van der Waals surface area contributed by atoms with Gasteiger partial charge in [-0.15, -0.1) is 0 Å². The van der Waals surface area contributed by atoms with E-state index in [1.807, 2.05) is 36.4 Å². The maximum Gasteiger partial charge on any atom is 0.149 e. The first kappa shape index (κ1) is 15.5. The van der Waals surface area contributed by atoms with Crippen LogP contribution in [0.15, 0.2) is 66.9 Å². The fourth-order valence-electron chi connectivity index (χ4n) is 3.22. The molecule has 4 aromatic rings. The van der Waals surface area contributed by atoms with Crippen LogP contribution < -0.4 is 5.32 Å². The lowest BCUT2D eigenvalue weighted by Crippen LogP contribution is -2.05. The van der Waals surface area contributed by atoms with Gasteiger partial charge in [0.1, 0.15) is 11.3 Å². The molecule has 1 heterocycles. The van der Waals surface area contributed by atoms with E-state index in [-0.39, 0.29) is 12.4 Å². The number of fused-ring (bicyclic) bond motifs is 2. The number of nitrogens with zero attached hydrogens (tertiary/aromatic N) is 1. The van der Waals surface area contributed by atoms with Gasteiger partial charge in [-0.2, -0.15) is 0 Å². The molecule has 0 spiro atoms. The zero-order valence-corrected chi connectivity index (χ0v) is 13.5. The minimum Gasteiger partial charge on any atom is -0.392 e. The molecule has 4 rings (SSSR count). The normalized spacial score (nSPS) is 11.1. The number of hydrogen-bond donors (Lipinski definition) is 2. The van der Waals surface area contributed by atoms with Gasteiger partial charge in [0.2, 0.25) is 0 Å². The molecular weight excluding hydrogens is 315 g/mol. The van der Waals surface area contributed by atoms with E-state index in [1.165, 1.54) is 6.07 Å². The van der Waals surface area contributed by atoms with Gasteiger partial charge in [0, 0.05) is 23.8 Å². The summed E-state index contributed by atoms with van der Waals surface area (Å²) in [5.41, 5.74) is 3.10. The predicted molar refractivity (Wildman–Crippen MR) is 98.9 cm³/mol. The van der Waals surface area contributed by atoms with Crippen LogP contribution in [0.4, 0.5) is 10.1 Å². The van der Waals surface area contributed by atoms with E-state index >= 15 is 0 Å². The van der Waals surface area contributed by atoms with Crippen LogP contribution in [0.5, 0.6) is 0 Å². The number of pyridine rings is 1. The summed E-state index contributed by atoms with van der Waals surface area (Å²) in [5.74, 6) is -0.331. The molecule has 3 aromatic carbocycles. The van der Waals surface area contributed by atoms with Crippen molar-refractivity contribution in [2.45, 2.75) is 13.2 Å². The van der Waals surface area contributed by atoms with Gasteiger partial charge < -0.3 is 10.4 Å². The number of aliphatic hydroxyl groups excluding tert-OH is 1. The van der Waals surface area contributed by atoms with E-state index in [2.05, 4.69) is 22.4 Å². The first-order valence-corrected chi connectivity index (χ1v) is 8.15. The molecule has 0 saturated carbocycles. The highest BCUT2D eigenvalue weighted by molar-refractivity contribution is 5.92. The Kier molecular flexibility index (Phi) is 4.04. The van der Waals surface area contributed by atoms with Crippen molar-refractivity contribution in [2.24, 2.45) is 0 Å². The van der Waals surface area contributed by atoms with Gasteiger partial charge in [0.25, 0.3) is 0 Å². The lowest BCUT2D eigenvalue weighted by atomic mass is 9.99. The summed E-state index contributed by atoms with van der Waals surface area (Å²) in [6, 6.07) is 18.8. The van der Waals surface area contributed by atoms with Crippen LogP contribution in [0, 0.1) is 5.82 Å². The Hall–Kier alpha value is -2.98. The number of aromatic nitrogens is 1. The van der Waals surface area contributed by atoms with Gasteiger partial charge in [-0.05, 0) is 34.0 Å². The highest BCUT2D eigenvalue weighted by atomic mass is 19.1. The first-order chi connectivity index (χ1) is 12.3. The van der Waals surface area contributed by atoms with Crippen LogP contribution in [0.2, 0.25) is 0 Å². The summed E-state index contributed by atoms with van der Waals surface area (Å²) in [7, 11) is 0. The zero-order chi connectivity index (χ0) is 17.2. The molecule has 0 saturated heterocycles. The average Bonchev–Trinajstić information content (AvgIpc) is 2.66. The van der Waals surface area contributed by atoms with Gasteiger partial charge in [0.15, 0.2) is 0 Å². The van der Waals surface area contributed by atoms with Crippen LogP contribution in [0.1, 0.15) is 11.1 Å². The SMILES string of the molecule is OCc1ccc2ccccc2c1CNc1ccnc2c(F)cccc12. The molecule has 25 heavy (non-hydrogen) atoms. The van der Waals surface area contributed by atoms with E-state index in [0.717, 1.165) is 33.0 Å². The number of halogens is 1. The van der Waals surface area contributed by atoms with Gasteiger partial charge in [-0.3, -0.25) is 4.98 Å². The van der Waals surface area contributed by atoms with Gasteiger partial charge in [-0.1, -0.05) is 48.5 Å². The summed E-state index contributed by atoms with van der Waals surface area (Å²) in [6.45, 7) is 0.514. The highest BCUT2D eigenvalue weighted by Crippen LogP contribution is 2.27. The average molecular weight is 332 g/mol. The van der Waals surface area contributed by atoms with Crippen molar-refractivity contribution >= 4 is 27.4 Å². The lowest BCUT2D eigenvalue weighted by molar-refractivity contribution is 0.281. The standard InChI is InChI=1S/C21H17FN2O/c22-19-7-3-6-17-20(10-11-23-21(17)19)24-12-18-15(13-25)9-8-14-4-1-2-5-16(14)18/h1-11,25H,12-13H2,(H,23,24). The molecule has 1 aromatic heterocycles. The first-order valence-electron chi connectivity index (χ1n) is 8.15. The summed E-state index contributed by atoms with van der Waals surface area (Å²) >= 11 is 0. The third kappa shape index (κ3) is 2.81. The number of aliphatic hydroxyl groups is 1. The Labute approximate surface area is 144 Å². The maximum atomic E-state index is 13.9. The quantitative estimate of drug-likeness (QED) is 0.573. The molecule has 0 bridgehead atoms. The third-order valence-corrected chi connectivity index (χ3v) is 4.49. The maximum absolute atomic E-state index is 13.9. The van der Waals surface area contributed by atoms with Gasteiger partial charge in [0.05, 0.1) is 6.61 Å². The van der Waals surface area contributed by atoms with Crippen molar-refractivity contribution in [3.63, 3.8) is 0 Å². The minimum absolute atomic E-state index is 0.0203. The molecule has 0 unspecified atom stereocenters. The number of rotatable bonds is 4. The smallest absolute Gasteiger partial charge is 0.149 e. The number of benzene rings is 3. The van der Waals surface area contributed by atoms with E-state index in [9.17, 15) is 9.50 Å². The number of anilines is 1. The van der Waals surface area contributed by atoms with Gasteiger partial charge in [-0.25, -0.2) is 4.39 Å². The Morgan fingerprint density at radius 1 is 0.920 bits per heavy atom. The second-order valence-corrected chi connectivity index (χ2v) is 5.93. The van der Waals surface area contributed by atoms with Gasteiger partial charge >= 0.3 is 0 Å². The molecule has 0 radical (unpaired) electrons. The fourth-order valence-corrected chi connectivity index (χ4v) is 3.22. The lowest BCUT2D eigenvalue weighted by Gasteiger charge is -2.15. The summed E-state index contributed by atoms with van der Waals surface area (Å²) in [6.07, 6.45) is 1.60. The topological polar surface area (TPSA) is 45.1 Å². The van der Waals surface area contributed by atoms with E-state index in [4.69, 9.17) is 0 Å². The molecule has 0 aliphatic heterocycles. The molecule has 0 amide bonds. The van der Waals surface area contributed by atoms with Crippen LogP contribution in [0.25, 0.3) is 21.7 Å². The molecule has 0 fully saturated rings. The number of hydrogen-bond acceptors (Lipinski definition) is 3. The minimum atomic E-state index is -0.331. The molecule has 4 heteroatoms. The van der Waals surface area contributed by atoms with Crippen molar-refractivity contribution in [1.82, 2.24) is 4.98 Å². The van der Waals surface area contributed by atoms with E-state index < -0.39 is 0 Å². The second kappa shape index (κ2) is 6.49. The summed E-state index contributed by atoms with van der Waals surface area (Å²) in [5, 5.41) is 16.0. The van der Waals surface area contributed by atoms with E-state index in [1.54, 1.807) is 12.3 Å². The Bertz CT molecular complexity index is 1060. The molecule has 2 N–H and O–H groups in total. The molecule has 0 aliphatic rings. The van der Waals surface area contributed by atoms with Crippen molar-refractivity contribution in [2.75, 3.05) is 5.32 Å². The van der Waals surface area contributed by atoms with Crippen LogP contribution >= 0.6 is 0 Å². The summed E-state index contributed by atoms with van der Waals surface area (Å²) in [4.78, 5) is 4.13. The summed E-state index contributed by atoms with van der Waals surface area (Å²) < 4.78 is 13.9. The van der Waals surface area contributed by atoms with Crippen molar-refractivity contribution in [3.05, 3.63) is 83.8 Å². The third-order valence-electron chi connectivity index (χ3n) is 4.49. The molecule has 3 nitrogen and oxygen atoms in total.